The van der Waals surface area contributed by atoms with E-state index < -0.39 is 6.09 Å². The van der Waals surface area contributed by atoms with E-state index in [2.05, 4.69) is 28.3 Å². The van der Waals surface area contributed by atoms with E-state index in [1.54, 1.807) is 6.92 Å². The Labute approximate surface area is 106 Å². The molecule has 1 amide bonds. The monoisotopic (exact) mass is 255 g/mol. The highest BCUT2D eigenvalue weighted by molar-refractivity contribution is 7.80. The van der Waals surface area contributed by atoms with Crippen molar-refractivity contribution in [3.05, 3.63) is 12.2 Å². The summed E-state index contributed by atoms with van der Waals surface area (Å²) >= 11 is 5.09. The minimum atomic E-state index is -0.524. The minimum Gasteiger partial charge on any atom is -0.449 e. The quantitative estimate of drug-likeness (QED) is 0.391. The number of carbonyl (C=O) groups excluding carboxylic acids is 1. The molecule has 0 spiro atoms. The van der Waals surface area contributed by atoms with Gasteiger partial charge in [-0.15, -0.1) is 0 Å². The molecular weight excluding hydrogens is 238 g/mol. The first kappa shape index (κ1) is 12.2. The van der Waals surface area contributed by atoms with Crippen LogP contribution in [0.1, 0.15) is 19.8 Å². The molecule has 6 heteroatoms. The third-order valence-electron chi connectivity index (χ3n) is 3.15. The van der Waals surface area contributed by atoms with E-state index in [0.717, 1.165) is 6.42 Å². The first-order valence-corrected chi connectivity index (χ1v) is 6.27. The Morgan fingerprint density at radius 1 is 1.41 bits per heavy atom. The predicted octanol–water partition coefficient (Wildman–Crippen LogP) is 1.08. The summed E-state index contributed by atoms with van der Waals surface area (Å²) in [7, 11) is 0. The summed E-state index contributed by atoms with van der Waals surface area (Å²) in [5, 5.41) is 3.64. The van der Waals surface area contributed by atoms with Crippen LogP contribution in [0, 0.1) is 11.8 Å². The molecule has 0 aliphatic heterocycles. The molecule has 0 radical (unpaired) electrons. The van der Waals surface area contributed by atoms with Crippen molar-refractivity contribution >= 4 is 23.4 Å². The van der Waals surface area contributed by atoms with Gasteiger partial charge in [0, 0.05) is 6.04 Å². The summed E-state index contributed by atoms with van der Waals surface area (Å²) in [4.78, 5) is 11.0. The van der Waals surface area contributed by atoms with Crippen LogP contribution in [0.25, 0.3) is 0 Å². The molecule has 0 saturated heterocycles. The molecule has 0 aromatic carbocycles. The average Bonchev–Trinajstić information content (AvgIpc) is 2.88. The average molecular weight is 255 g/mol. The second-order valence-electron chi connectivity index (χ2n) is 4.33. The molecule has 2 rings (SSSR count). The topological polar surface area (TPSA) is 62.4 Å². The Morgan fingerprint density at radius 2 is 2.24 bits per heavy atom. The van der Waals surface area contributed by atoms with Gasteiger partial charge in [-0.3, -0.25) is 5.43 Å². The number of carbonyl (C=O) groups is 1. The second-order valence-corrected chi connectivity index (χ2v) is 4.74. The van der Waals surface area contributed by atoms with Gasteiger partial charge in [-0.05, 0) is 43.8 Å². The van der Waals surface area contributed by atoms with E-state index in [0.29, 0.717) is 29.6 Å². The molecule has 0 unspecified atom stereocenters. The summed E-state index contributed by atoms with van der Waals surface area (Å²) in [5.41, 5.74) is 4.99. The highest BCUT2D eigenvalue weighted by Gasteiger charge is 2.35. The van der Waals surface area contributed by atoms with Crippen LogP contribution >= 0.6 is 12.2 Å². The van der Waals surface area contributed by atoms with Crippen LogP contribution in [0.2, 0.25) is 0 Å². The Bertz CT molecular complexity index is 346. The van der Waals surface area contributed by atoms with Crippen molar-refractivity contribution in [2.45, 2.75) is 25.8 Å². The van der Waals surface area contributed by atoms with Gasteiger partial charge in [0.2, 0.25) is 0 Å². The Balaban J connectivity index is 1.68. The van der Waals surface area contributed by atoms with Crippen molar-refractivity contribution in [2.24, 2.45) is 11.8 Å². The second kappa shape index (κ2) is 5.35. The standard InChI is InChI=1S/C11H17N3O2S/c1-2-16-11(15)14-13-10(17)12-9-6-7-3-4-8(9)5-7/h3-4,7-9H,2,5-6H2,1H3,(H,14,15)(H2,12,13,17)/t7-,8-,9-/m1/s1. The maximum absolute atomic E-state index is 11.0. The highest BCUT2D eigenvalue weighted by atomic mass is 32.1. The van der Waals surface area contributed by atoms with Gasteiger partial charge < -0.3 is 10.1 Å². The first-order chi connectivity index (χ1) is 8.19. The van der Waals surface area contributed by atoms with Gasteiger partial charge in [-0.1, -0.05) is 12.2 Å². The lowest BCUT2D eigenvalue weighted by Gasteiger charge is -2.21. The molecule has 17 heavy (non-hydrogen) atoms. The molecule has 3 N–H and O–H groups in total. The van der Waals surface area contributed by atoms with Gasteiger partial charge in [0.25, 0.3) is 0 Å². The van der Waals surface area contributed by atoms with Gasteiger partial charge >= 0.3 is 6.09 Å². The fourth-order valence-electron chi connectivity index (χ4n) is 2.43. The molecule has 2 bridgehead atoms. The smallest absolute Gasteiger partial charge is 0.425 e. The number of hydrazine groups is 1. The van der Waals surface area contributed by atoms with E-state index in [4.69, 9.17) is 17.0 Å². The first-order valence-electron chi connectivity index (χ1n) is 5.86. The highest BCUT2D eigenvalue weighted by Crippen LogP contribution is 2.38. The maximum atomic E-state index is 11.0. The third kappa shape index (κ3) is 3.09. The third-order valence-corrected chi connectivity index (χ3v) is 3.37. The van der Waals surface area contributed by atoms with Crippen molar-refractivity contribution in [3.63, 3.8) is 0 Å². The van der Waals surface area contributed by atoms with Crippen LogP contribution in [0.5, 0.6) is 0 Å². The maximum Gasteiger partial charge on any atom is 0.425 e. The van der Waals surface area contributed by atoms with E-state index in [-0.39, 0.29) is 0 Å². The molecule has 94 valence electrons. The number of nitrogens with one attached hydrogen (secondary N) is 3. The summed E-state index contributed by atoms with van der Waals surface area (Å²) in [6.07, 6.45) is 6.32. The number of rotatable bonds is 2. The van der Waals surface area contributed by atoms with Crippen LogP contribution in [-0.4, -0.2) is 23.9 Å². The number of hydrogen-bond donors (Lipinski definition) is 3. The van der Waals surface area contributed by atoms with E-state index in [1.807, 2.05) is 0 Å². The number of allylic oxidation sites excluding steroid dienone is 1. The van der Waals surface area contributed by atoms with Crippen LogP contribution in [0.4, 0.5) is 4.79 Å². The molecule has 0 heterocycles. The van der Waals surface area contributed by atoms with Crippen molar-refractivity contribution in [3.8, 4) is 0 Å². The molecule has 2 aliphatic carbocycles. The Kier molecular flexibility index (Phi) is 3.83. The SMILES string of the molecule is CCOC(=O)NNC(=S)N[C@@H]1C[C@@H]2C=C[C@@H]1C2. The number of fused-ring (bicyclic) bond motifs is 2. The van der Waals surface area contributed by atoms with Crippen LogP contribution in [0.15, 0.2) is 12.2 Å². The van der Waals surface area contributed by atoms with E-state index in [1.165, 1.54) is 6.42 Å². The fourth-order valence-corrected chi connectivity index (χ4v) is 2.63. The zero-order chi connectivity index (χ0) is 12.3. The summed E-state index contributed by atoms with van der Waals surface area (Å²) in [6, 6.07) is 0.383. The van der Waals surface area contributed by atoms with Gasteiger partial charge in [-0.2, -0.15) is 0 Å². The van der Waals surface area contributed by atoms with Crippen LogP contribution in [0.3, 0.4) is 0 Å². The fraction of sp³-hybridized carbons (Fsp3) is 0.636. The molecule has 0 aromatic rings. The minimum absolute atomic E-state index is 0.338. The van der Waals surface area contributed by atoms with Gasteiger partial charge in [-0.25, -0.2) is 10.2 Å². The van der Waals surface area contributed by atoms with Gasteiger partial charge in [0.15, 0.2) is 5.11 Å². The summed E-state index contributed by atoms with van der Waals surface area (Å²) < 4.78 is 4.70. The number of thiocarbonyl (C=S) groups is 1. The van der Waals surface area contributed by atoms with Crippen LogP contribution < -0.4 is 16.2 Å². The Hall–Kier alpha value is -1.30. The van der Waals surface area contributed by atoms with Crippen molar-refractivity contribution in [1.29, 1.82) is 0 Å². The summed E-state index contributed by atoms with van der Waals surface area (Å²) in [6.45, 7) is 2.09. The van der Waals surface area contributed by atoms with Crippen molar-refractivity contribution < 1.29 is 9.53 Å². The van der Waals surface area contributed by atoms with Gasteiger partial charge in [0.05, 0.1) is 6.61 Å². The molecular formula is C11H17N3O2S. The molecule has 2 aliphatic rings. The number of ether oxygens (including phenoxy) is 1. The van der Waals surface area contributed by atoms with Crippen molar-refractivity contribution in [2.75, 3.05) is 6.61 Å². The van der Waals surface area contributed by atoms with Crippen molar-refractivity contribution in [1.82, 2.24) is 16.2 Å². The largest absolute Gasteiger partial charge is 0.449 e. The van der Waals surface area contributed by atoms with Gasteiger partial charge in [0.1, 0.15) is 0 Å². The lowest BCUT2D eigenvalue weighted by atomic mass is 10.0. The van der Waals surface area contributed by atoms with Crippen LogP contribution in [-0.2, 0) is 4.74 Å². The molecule has 1 saturated carbocycles. The zero-order valence-electron chi connectivity index (χ0n) is 9.73. The normalized spacial score (nSPS) is 28.9. The number of amides is 1. The zero-order valence-corrected chi connectivity index (χ0v) is 10.5. The molecule has 5 nitrogen and oxygen atoms in total. The lowest BCUT2D eigenvalue weighted by Crippen LogP contribution is -2.50. The number of hydrogen-bond acceptors (Lipinski definition) is 3. The molecule has 3 atom stereocenters. The lowest BCUT2D eigenvalue weighted by molar-refractivity contribution is 0.150. The van der Waals surface area contributed by atoms with E-state index in [9.17, 15) is 4.79 Å². The molecule has 0 aromatic heterocycles. The van der Waals surface area contributed by atoms with E-state index >= 15 is 0 Å². The Morgan fingerprint density at radius 3 is 2.82 bits per heavy atom. The predicted molar refractivity (Wildman–Crippen MR) is 68.2 cm³/mol. The molecule has 1 fully saturated rings. The summed E-state index contributed by atoms with van der Waals surface area (Å²) in [5.74, 6) is 1.26.